The van der Waals surface area contributed by atoms with E-state index in [9.17, 15) is 4.79 Å². The third-order valence-electron chi connectivity index (χ3n) is 6.74. The van der Waals surface area contributed by atoms with E-state index < -0.39 is 0 Å². The van der Waals surface area contributed by atoms with Crippen molar-refractivity contribution in [1.29, 1.82) is 0 Å². The summed E-state index contributed by atoms with van der Waals surface area (Å²) >= 11 is 1.37. The van der Waals surface area contributed by atoms with Crippen molar-refractivity contribution in [3.8, 4) is 0 Å². The van der Waals surface area contributed by atoms with E-state index >= 15 is 0 Å². The van der Waals surface area contributed by atoms with Gasteiger partial charge in [-0.15, -0.1) is 5.10 Å². The summed E-state index contributed by atoms with van der Waals surface area (Å²) in [4.78, 5) is 17.4. The standard InChI is InChI=1S/C21H26N4OS/c1-12-6-8-14(9-7-12)22-18(26)13(2)27-19-23-17-16(24-25-19)15-10-11-21(17,5)20(15,3)4/h6-9,13,15H,10-11H2,1-5H3,(H,22,26)/t13-,15-,21-/m0/s1. The highest BCUT2D eigenvalue weighted by Gasteiger charge is 2.61. The van der Waals surface area contributed by atoms with Crippen LogP contribution in [0.4, 0.5) is 5.69 Å². The Hall–Kier alpha value is -1.95. The van der Waals surface area contributed by atoms with E-state index in [-0.39, 0.29) is 22.0 Å². The van der Waals surface area contributed by atoms with Gasteiger partial charge in [-0.3, -0.25) is 4.79 Å². The molecule has 0 aliphatic heterocycles. The number of nitrogens with zero attached hydrogens (tertiary/aromatic N) is 3. The van der Waals surface area contributed by atoms with Gasteiger partial charge in [0.1, 0.15) is 0 Å². The molecule has 1 aromatic carbocycles. The van der Waals surface area contributed by atoms with Gasteiger partial charge in [-0.25, -0.2) is 4.98 Å². The number of amides is 1. The molecular weight excluding hydrogens is 356 g/mol. The summed E-state index contributed by atoms with van der Waals surface area (Å²) in [6.45, 7) is 10.8. The maximum absolute atomic E-state index is 12.5. The highest BCUT2D eigenvalue weighted by molar-refractivity contribution is 8.00. The number of aryl methyl sites for hydroxylation is 1. The number of nitrogens with one attached hydrogen (secondary N) is 1. The molecule has 0 spiro atoms. The van der Waals surface area contributed by atoms with Gasteiger partial charge in [0.15, 0.2) is 0 Å². The second-order valence-corrected chi connectivity index (χ2v) is 9.90. The van der Waals surface area contributed by atoms with Gasteiger partial charge in [0.25, 0.3) is 0 Å². The molecular formula is C21H26N4OS. The quantitative estimate of drug-likeness (QED) is 0.790. The Kier molecular flexibility index (Phi) is 4.29. The number of carbonyl (C=O) groups is 1. The molecule has 0 unspecified atom stereocenters. The smallest absolute Gasteiger partial charge is 0.237 e. The first kappa shape index (κ1) is 18.4. The number of rotatable bonds is 4. The molecule has 2 aromatic rings. The van der Waals surface area contributed by atoms with Crippen molar-refractivity contribution in [2.45, 2.75) is 69.2 Å². The molecule has 1 aromatic heterocycles. The number of hydrogen-bond acceptors (Lipinski definition) is 5. The molecule has 3 atom stereocenters. The first-order valence-corrected chi connectivity index (χ1v) is 10.4. The summed E-state index contributed by atoms with van der Waals surface area (Å²) in [6, 6.07) is 7.80. The summed E-state index contributed by atoms with van der Waals surface area (Å²) in [5.41, 5.74) is 4.33. The summed E-state index contributed by atoms with van der Waals surface area (Å²) in [5, 5.41) is 12.1. The van der Waals surface area contributed by atoms with Gasteiger partial charge in [0, 0.05) is 17.0 Å². The van der Waals surface area contributed by atoms with Crippen molar-refractivity contribution in [1.82, 2.24) is 15.2 Å². The van der Waals surface area contributed by atoms with Gasteiger partial charge in [0.05, 0.1) is 16.6 Å². The fraction of sp³-hybridized carbons (Fsp3) is 0.524. The van der Waals surface area contributed by atoms with Gasteiger partial charge in [-0.1, -0.05) is 50.2 Å². The highest BCUT2D eigenvalue weighted by atomic mass is 32.2. The van der Waals surface area contributed by atoms with Crippen LogP contribution in [0, 0.1) is 12.3 Å². The maximum Gasteiger partial charge on any atom is 0.237 e. The largest absolute Gasteiger partial charge is 0.325 e. The van der Waals surface area contributed by atoms with Crippen molar-refractivity contribution >= 4 is 23.4 Å². The Bertz CT molecular complexity index is 896. The first-order chi connectivity index (χ1) is 12.7. The second kappa shape index (κ2) is 6.30. The van der Waals surface area contributed by atoms with E-state index in [2.05, 4.69) is 36.3 Å². The lowest BCUT2D eigenvalue weighted by molar-refractivity contribution is -0.115. The number of thioether (sulfide) groups is 1. The maximum atomic E-state index is 12.5. The average molecular weight is 383 g/mol. The fourth-order valence-corrected chi connectivity index (χ4v) is 5.22. The lowest BCUT2D eigenvalue weighted by atomic mass is 9.70. The van der Waals surface area contributed by atoms with Crippen LogP contribution in [0.3, 0.4) is 0 Å². The minimum atomic E-state index is -0.300. The van der Waals surface area contributed by atoms with Gasteiger partial charge in [-0.05, 0) is 44.2 Å². The molecule has 0 saturated heterocycles. The van der Waals surface area contributed by atoms with Gasteiger partial charge in [0.2, 0.25) is 11.1 Å². The van der Waals surface area contributed by atoms with E-state index in [1.807, 2.05) is 38.1 Å². The molecule has 2 bridgehead atoms. The van der Waals surface area contributed by atoms with Crippen LogP contribution in [0.5, 0.6) is 0 Å². The number of fused-ring (bicyclic) bond motifs is 5. The van der Waals surface area contributed by atoms with Gasteiger partial charge >= 0.3 is 0 Å². The van der Waals surface area contributed by atoms with Crippen LogP contribution in [0.15, 0.2) is 29.4 Å². The van der Waals surface area contributed by atoms with Crippen LogP contribution >= 0.6 is 11.8 Å². The molecule has 1 amide bonds. The third-order valence-corrected chi connectivity index (χ3v) is 7.69. The fourth-order valence-electron chi connectivity index (χ4n) is 4.51. The van der Waals surface area contributed by atoms with E-state index in [0.717, 1.165) is 29.9 Å². The van der Waals surface area contributed by atoms with Crippen molar-refractivity contribution < 1.29 is 4.79 Å². The predicted molar refractivity (Wildman–Crippen MR) is 108 cm³/mol. The molecule has 0 radical (unpaired) electrons. The molecule has 2 aliphatic rings. The van der Waals surface area contributed by atoms with E-state index in [1.54, 1.807) is 0 Å². The molecule has 1 N–H and O–H groups in total. The minimum Gasteiger partial charge on any atom is -0.325 e. The summed E-state index contributed by atoms with van der Waals surface area (Å²) in [5.74, 6) is 0.389. The van der Waals surface area contributed by atoms with Crippen LogP contribution < -0.4 is 5.32 Å². The Morgan fingerprint density at radius 3 is 2.63 bits per heavy atom. The molecule has 1 heterocycles. The molecule has 142 valence electrons. The van der Waals surface area contributed by atoms with Crippen LogP contribution in [-0.4, -0.2) is 26.3 Å². The third kappa shape index (κ3) is 2.85. The van der Waals surface area contributed by atoms with Crippen LogP contribution in [0.25, 0.3) is 0 Å². The van der Waals surface area contributed by atoms with E-state index in [4.69, 9.17) is 4.98 Å². The monoisotopic (exact) mass is 382 g/mol. The second-order valence-electron chi connectivity index (χ2n) is 8.59. The summed E-state index contributed by atoms with van der Waals surface area (Å²) in [7, 11) is 0. The Morgan fingerprint density at radius 2 is 1.93 bits per heavy atom. The Morgan fingerprint density at radius 1 is 1.22 bits per heavy atom. The van der Waals surface area contributed by atoms with Crippen molar-refractivity contribution in [2.75, 3.05) is 5.32 Å². The topological polar surface area (TPSA) is 67.8 Å². The van der Waals surface area contributed by atoms with E-state index in [1.165, 1.54) is 17.3 Å². The van der Waals surface area contributed by atoms with Crippen molar-refractivity contribution in [3.05, 3.63) is 41.2 Å². The zero-order valence-corrected chi connectivity index (χ0v) is 17.4. The number of anilines is 1. The minimum absolute atomic E-state index is 0.0473. The zero-order chi connectivity index (χ0) is 19.4. The normalized spacial score (nSPS) is 25.9. The molecule has 2 aliphatic carbocycles. The van der Waals surface area contributed by atoms with Crippen LogP contribution in [0.1, 0.15) is 63.4 Å². The number of benzene rings is 1. The Labute approximate surface area is 164 Å². The number of carbonyl (C=O) groups excluding carboxylic acids is 1. The molecule has 4 rings (SSSR count). The van der Waals surface area contributed by atoms with Gasteiger partial charge in [-0.2, -0.15) is 5.10 Å². The first-order valence-electron chi connectivity index (χ1n) is 9.51. The SMILES string of the molecule is Cc1ccc(NC(=O)[C@H](C)Sc2nnc3c(n2)[C@]2(C)CC[C@@H]3C2(C)C)cc1. The number of hydrogen-bond donors (Lipinski definition) is 1. The zero-order valence-electron chi connectivity index (χ0n) is 16.5. The van der Waals surface area contributed by atoms with Gasteiger partial charge < -0.3 is 5.32 Å². The molecule has 27 heavy (non-hydrogen) atoms. The Balaban J connectivity index is 1.50. The molecule has 1 fully saturated rings. The molecule has 6 heteroatoms. The molecule has 1 saturated carbocycles. The summed E-state index contributed by atoms with van der Waals surface area (Å²) in [6.07, 6.45) is 2.30. The lowest BCUT2D eigenvalue weighted by Crippen LogP contribution is -2.32. The van der Waals surface area contributed by atoms with E-state index in [0.29, 0.717) is 11.1 Å². The highest BCUT2D eigenvalue weighted by Crippen LogP contribution is 2.66. The van der Waals surface area contributed by atoms with Crippen LogP contribution in [0.2, 0.25) is 0 Å². The summed E-state index contributed by atoms with van der Waals surface area (Å²) < 4.78 is 0. The molecule has 5 nitrogen and oxygen atoms in total. The lowest BCUT2D eigenvalue weighted by Gasteiger charge is -2.34. The van der Waals surface area contributed by atoms with Crippen molar-refractivity contribution in [2.24, 2.45) is 5.41 Å². The van der Waals surface area contributed by atoms with Crippen LogP contribution in [-0.2, 0) is 10.2 Å². The van der Waals surface area contributed by atoms with Crippen molar-refractivity contribution in [3.63, 3.8) is 0 Å². The predicted octanol–water partition coefficient (Wildman–Crippen LogP) is 4.47. The average Bonchev–Trinajstić information content (AvgIpc) is 2.96. The number of aromatic nitrogens is 3.